The van der Waals surface area contributed by atoms with Crippen molar-refractivity contribution in [2.24, 2.45) is 0 Å². The first-order chi connectivity index (χ1) is 7.65. The van der Waals surface area contributed by atoms with Crippen molar-refractivity contribution < 1.29 is 0 Å². The summed E-state index contributed by atoms with van der Waals surface area (Å²) in [6, 6.07) is 4.56. The molecule has 88 valence electrons. The van der Waals surface area contributed by atoms with Crippen molar-refractivity contribution in [3.8, 4) is 0 Å². The molecule has 0 amide bonds. The quantitative estimate of drug-likeness (QED) is 0.801. The second-order valence-electron chi connectivity index (χ2n) is 4.65. The Morgan fingerprint density at radius 1 is 1.44 bits per heavy atom. The number of hydrogen-bond acceptors (Lipinski definition) is 4. The van der Waals surface area contributed by atoms with E-state index in [1.54, 1.807) is 6.20 Å². The van der Waals surface area contributed by atoms with Crippen molar-refractivity contribution in [2.45, 2.75) is 19.5 Å². The summed E-state index contributed by atoms with van der Waals surface area (Å²) in [6.07, 6.45) is 1.73. The van der Waals surface area contributed by atoms with Gasteiger partial charge >= 0.3 is 0 Å². The van der Waals surface area contributed by atoms with Crippen molar-refractivity contribution in [2.75, 3.05) is 32.4 Å². The number of piperazine rings is 1. The van der Waals surface area contributed by atoms with Crippen LogP contribution in [-0.4, -0.2) is 47.5 Å². The zero-order valence-electron chi connectivity index (χ0n) is 10.1. The second kappa shape index (κ2) is 4.80. The SMILES string of the molecule is CC1CN(Cc2ccc(N)cn2)CCN1C. The molecule has 1 aliphatic heterocycles. The molecule has 2 N–H and O–H groups in total. The summed E-state index contributed by atoms with van der Waals surface area (Å²) in [5.74, 6) is 0. The molecule has 1 aromatic heterocycles. The van der Waals surface area contributed by atoms with Gasteiger partial charge in [-0.2, -0.15) is 0 Å². The summed E-state index contributed by atoms with van der Waals surface area (Å²) >= 11 is 0. The van der Waals surface area contributed by atoms with E-state index in [4.69, 9.17) is 5.73 Å². The number of likely N-dealkylation sites (N-methyl/N-ethyl adjacent to an activating group) is 1. The van der Waals surface area contributed by atoms with E-state index in [9.17, 15) is 0 Å². The lowest BCUT2D eigenvalue weighted by molar-refractivity contribution is 0.0991. The molecule has 1 aliphatic rings. The molecule has 16 heavy (non-hydrogen) atoms. The number of rotatable bonds is 2. The summed E-state index contributed by atoms with van der Waals surface area (Å²) in [4.78, 5) is 9.18. The topological polar surface area (TPSA) is 45.4 Å². The van der Waals surface area contributed by atoms with Crippen LogP contribution >= 0.6 is 0 Å². The number of nitrogens with zero attached hydrogens (tertiary/aromatic N) is 3. The summed E-state index contributed by atoms with van der Waals surface area (Å²) in [6.45, 7) is 6.56. The third-order valence-electron chi connectivity index (χ3n) is 3.28. The lowest BCUT2D eigenvalue weighted by atomic mass is 10.2. The molecule has 0 aliphatic carbocycles. The predicted octanol–water partition coefficient (Wildman–Crippen LogP) is 0.800. The van der Waals surface area contributed by atoms with Crippen LogP contribution in [0.4, 0.5) is 5.69 Å². The number of hydrogen-bond donors (Lipinski definition) is 1. The van der Waals surface area contributed by atoms with Gasteiger partial charge in [-0.25, -0.2) is 0 Å². The van der Waals surface area contributed by atoms with Crippen molar-refractivity contribution in [3.63, 3.8) is 0 Å². The second-order valence-corrected chi connectivity index (χ2v) is 4.65. The lowest BCUT2D eigenvalue weighted by Crippen LogP contribution is -2.49. The fraction of sp³-hybridized carbons (Fsp3) is 0.583. The highest BCUT2D eigenvalue weighted by Crippen LogP contribution is 2.10. The van der Waals surface area contributed by atoms with Crippen molar-refractivity contribution in [1.29, 1.82) is 0 Å². The molecule has 2 heterocycles. The van der Waals surface area contributed by atoms with Crippen LogP contribution in [0.1, 0.15) is 12.6 Å². The average molecular weight is 220 g/mol. The first-order valence-corrected chi connectivity index (χ1v) is 5.78. The minimum Gasteiger partial charge on any atom is -0.397 e. The Morgan fingerprint density at radius 3 is 2.88 bits per heavy atom. The first kappa shape index (κ1) is 11.4. The largest absolute Gasteiger partial charge is 0.397 e. The Kier molecular flexibility index (Phi) is 3.41. The molecule has 4 heteroatoms. The van der Waals surface area contributed by atoms with E-state index in [1.807, 2.05) is 12.1 Å². The van der Waals surface area contributed by atoms with Gasteiger partial charge in [-0.1, -0.05) is 0 Å². The maximum Gasteiger partial charge on any atom is 0.0545 e. The van der Waals surface area contributed by atoms with Crippen molar-refractivity contribution >= 4 is 5.69 Å². The lowest BCUT2D eigenvalue weighted by Gasteiger charge is -2.37. The number of anilines is 1. The van der Waals surface area contributed by atoms with Crippen LogP contribution in [0.5, 0.6) is 0 Å². The van der Waals surface area contributed by atoms with Gasteiger partial charge in [0.2, 0.25) is 0 Å². The van der Waals surface area contributed by atoms with Crippen LogP contribution in [0.15, 0.2) is 18.3 Å². The minimum atomic E-state index is 0.627. The molecule has 1 atom stereocenters. The molecule has 1 fully saturated rings. The van der Waals surface area contributed by atoms with Gasteiger partial charge in [0, 0.05) is 32.2 Å². The van der Waals surface area contributed by atoms with E-state index in [0.29, 0.717) is 6.04 Å². The Morgan fingerprint density at radius 2 is 2.25 bits per heavy atom. The third kappa shape index (κ3) is 2.71. The average Bonchev–Trinajstić information content (AvgIpc) is 2.27. The van der Waals surface area contributed by atoms with Crippen molar-refractivity contribution in [1.82, 2.24) is 14.8 Å². The van der Waals surface area contributed by atoms with Gasteiger partial charge in [0.15, 0.2) is 0 Å². The molecule has 1 aromatic rings. The molecule has 1 saturated heterocycles. The molecule has 0 saturated carbocycles. The molecule has 4 nitrogen and oxygen atoms in total. The van der Waals surface area contributed by atoms with E-state index in [2.05, 4.69) is 28.8 Å². The molecule has 0 aromatic carbocycles. The maximum atomic E-state index is 5.62. The first-order valence-electron chi connectivity index (χ1n) is 5.78. The monoisotopic (exact) mass is 220 g/mol. The van der Waals surface area contributed by atoms with Crippen LogP contribution in [0.25, 0.3) is 0 Å². The van der Waals surface area contributed by atoms with E-state index >= 15 is 0 Å². The van der Waals surface area contributed by atoms with Crippen molar-refractivity contribution in [3.05, 3.63) is 24.0 Å². The number of nitrogen functional groups attached to an aromatic ring is 1. The Bertz CT molecular complexity index is 335. The normalized spacial score (nSPS) is 23.5. The van der Waals surface area contributed by atoms with Crippen LogP contribution in [0.2, 0.25) is 0 Å². The fourth-order valence-electron chi connectivity index (χ4n) is 2.03. The highest BCUT2D eigenvalue weighted by molar-refractivity contribution is 5.34. The number of nitrogens with two attached hydrogens (primary N) is 1. The van der Waals surface area contributed by atoms with E-state index in [1.165, 1.54) is 0 Å². The van der Waals surface area contributed by atoms with Gasteiger partial charge in [0.25, 0.3) is 0 Å². The predicted molar refractivity (Wildman–Crippen MR) is 66.0 cm³/mol. The summed E-state index contributed by atoms with van der Waals surface area (Å²) < 4.78 is 0. The zero-order valence-corrected chi connectivity index (χ0v) is 10.1. The number of aromatic nitrogens is 1. The van der Waals surface area contributed by atoms with Crippen LogP contribution in [-0.2, 0) is 6.54 Å². The van der Waals surface area contributed by atoms with Gasteiger partial charge < -0.3 is 10.6 Å². The van der Waals surface area contributed by atoms with Gasteiger partial charge in [-0.05, 0) is 26.1 Å². The molecule has 1 unspecified atom stereocenters. The highest BCUT2D eigenvalue weighted by atomic mass is 15.3. The fourth-order valence-corrected chi connectivity index (χ4v) is 2.03. The molecule has 0 spiro atoms. The van der Waals surface area contributed by atoms with Gasteiger partial charge in [0.05, 0.1) is 17.6 Å². The molecule has 0 bridgehead atoms. The molecule has 2 rings (SSSR count). The standard InChI is InChI=1S/C12H20N4/c1-10-8-16(6-5-15(10)2)9-12-4-3-11(13)7-14-12/h3-4,7,10H,5-6,8-9,13H2,1-2H3. The highest BCUT2D eigenvalue weighted by Gasteiger charge is 2.20. The van der Waals surface area contributed by atoms with Gasteiger partial charge in [-0.15, -0.1) is 0 Å². The maximum absolute atomic E-state index is 5.62. The van der Waals surface area contributed by atoms with Crippen LogP contribution in [0.3, 0.4) is 0 Å². The van der Waals surface area contributed by atoms with E-state index in [-0.39, 0.29) is 0 Å². The van der Waals surface area contributed by atoms with Crippen LogP contribution in [0, 0.1) is 0 Å². The third-order valence-corrected chi connectivity index (χ3v) is 3.28. The molecule has 0 radical (unpaired) electrons. The van der Waals surface area contributed by atoms with E-state index < -0.39 is 0 Å². The van der Waals surface area contributed by atoms with Gasteiger partial charge in [0.1, 0.15) is 0 Å². The molecular weight excluding hydrogens is 200 g/mol. The zero-order chi connectivity index (χ0) is 11.5. The number of pyridine rings is 1. The Hall–Kier alpha value is -1.13. The molecular formula is C12H20N4. The van der Waals surface area contributed by atoms with Gasteiger partial charge in [-0.3, -0.25) is 9.88 Å². The summed E-state index contributed by atoms with van der Waals surface area (Å²) in [5, 5.41) is 0. The Balaban J connectivity index is 1.93. The summed E-state index contributed by atoms with van der Waals surface area (Å²) in [7, 11) is 2.18. The minimum absolute atomic E-state index is 0.627. The van der Waals surface area contributed by atoms with Crippen LogP contribution < -0.4 is 5.73 Å². The smallest absolute Gasteiger partial charge is 0.0545 e. The van der Waals surface area contributed by atoms with E-state index in [0.717, 1.165) is 37.6 Å². The summed E-state index contributed by atoms with van der Waals surface area (Å²) in [5.41, 5.74) is 7.45. The Labute approximate surface area is 97.1 Å².